The summed E-state index contributed by atoms with van der Waals surface area (Å²) in [6.45, 7) is 2.55. The van der Waals surface area contributed by atoms with E-state index in [0.717, 1.165) is 24.4 Å². The zero-order valence-electron chi connectivity index (χ0n) is 18.1. The second-order valence-electron chi connectivity index (χ2n) is 7.16. The fraction of sp³-hybridized carbons (Fsp3) is 0.435. The van der Waals surface area contributed by atoms with Gasteiger partial charge in [-0.05, 0) is 55.8 Å². The van der Waals surface area contributed by atoms with Crippen LogP contribution in [-0.2, 0) is 0 Å². The van der Waals surface area contributed by atoms with E-state index in [4.69, 9.17) is 18.9 Å². The number of hydrogen-bond acceptors (Lipinski definition) is 6. The fourth-order valence-electron chi connectivity index (χ4n) is 3.84. The summed E-state index contributed by atoms with van der Waals surface area (Å²) in [4.78, 5) is 15.3. The van der Waals surface area contributed by atoms with Gasteiger partial charge in [0, 0.05) is 12.1 Å². The average Bonchev–Trinajstić information content (AvgIpc) is 3.33. The summed E-state index contributed by atoms with van der Waals surface area (Å²) in [5, 5.41) is 3.08. The van der Waals surface area contributed by atoms with Crippen molar-refractivity contribution in [1.82, 2.24) is 10.2 Å². The Kier molecular flexibility index (Phi) is 7.41. The van der Waals surface area contributed by atoms with Crippen LogP contribution in [0.15, 0.2) is 36.4 Å². The molecule has 162 valence electrons. The largest absolute Gasteiger partial charge is 0.497 e. The van der Waals surface area contributed by atoms with E-state index in [-0.39, 0.29) is 11.9 Å². The summed E-state index contributed by atoms with van der Waals surface area (Å²) < 4.78 is 21.3. The molecule has 2 aromatic carbocycles. The minimum absolute atomic E-state index is 0.101. The van der Waals surface area contributed by atoms with E-state index in [0.29, 0.717) is 29.4 Å². The molecule has 0 radical (unpaired) electrons. The number of likely N-dealkylation sites (tertiary alicyclic amines) is 1. The van der Waals surface area contributed by atoms with Gasteiger partial charge in [0.25, 0.3) is 5.91 Å². The molecule has 1 aliphatic heterocycles. The molecule has 30 heavy (non-hydrogen) atoms. The standard InChI is InChI=1S/C23H30N2O5/c1-27-18-9-7-16(8-10-18)19(25-11-5-6-12-25)15-24-23(26)17-13-20(28-2)22(30-4)21(14-17)29-3/h7-10,13-14,19H,5-6,11-12,15H2,1-4H3,(H,24,26). The lowest BCUT2D eigenvalue weighted by Gasteiger charge is -2.28. The molecule has 7 heteroatoms. The van der Waals surface area contributed by atoms with Crippen molar-refractivity contribution < 1.29 is 23.7 Å². The van der Waals surface area contributed by atoms with Crippen LogP contribution in [0.3, 0.4) is 0 Å². The number of hydrogen-bond donors (Lipinski definition) is 1. The first-order valence-corrected chi connectivity index (χ1v) is 10.1. The summed E-state index contributed by atoms with van der Waals surface area (Å²) in [6, 6.07) is 11.5. The fourth-order valence-corrected chi connectivity index (χ4v) is 3.84. The summed E-state index contributed by atoms with van der Waals surface area (Å²) in [7, 11) is 6.26. The average molecular weight is 415 g/mol. The Morgan fingerprint density at radius 2 is 1.53 bits per heavy atom. The van der Waals surface area contributed by atoms with Gasteiger partial charge in [0.05, 0.1) is 34.5 Å². The summed E-state index contributed by atoms with van der Waals surface area (Å²) in [5.41, 5.74) is 1.61. The van der Waals surface area contributed by atoms with Gasteiger partial charge in [-0.3, -0.25) is 9.69 Å². The first-order valence-electron chi connectivity index (χ1n) is 10.1. The molecule has 2 aromatic rings. The Labute approximate surface area is 177 Å². The minimum atomic E-state index is -0.188. The number of nitrogens with one attached hydrogen (secondary N) is 1. The number of rotatable bonds is 9. The highest BCUT2D eigenvalue weighted by atomic mass is 16.5. The van der Waals surface area contributed by atoms with Crippen molar-refractivity contribution >= 4 is 5.91 Å². The number of nitrogens with zero attached hydrogens (tertiary/aromatic N) is 1. The maximum Gasteiger partial charge on any atom is 0.251 e. The molecule has 1 heterocycles. The Balaban J connectivity index is 1.78. The maximum atomic E-state index is 12.9. The highest BCUT2D eigenvalue weighted by molar-refractivity contribution is 5.95. The van der Waals surface area contributed by atoms with Crippen molar-refractivity contribution in [3.63, 3.8) is 0 Å². The third-order valence-electron chi connectivity index (χ3n) is 5.46. The second-order valence-corrected chi connectivity index (χ2v) is 7.16. The first kappa shape index (κ1) is 21.8. The van der Waals surface area contributed by atoms with Gasteiger partial charge in [0.2, 0.25) is 5.75 Å². The molecule has 1 atom stereocenters. The summed E-state index contributed by atoms with van der Waals surface area (Å²) in [6.07, 6.45) is 2.35. The van der Waals surface area contributed by atoms with Gasteiger partial charge >= 0.3 is 0 Å². The predicted molar refractivity (Wildman–Crippen MR) is 115 cm³/mol. The molecule has 1 fully saturated rings. The Morgan fingerprint density at radius 1 is 0.933 bits per heavy atom. The van der Waals surface area contributed by atoms with E-state index in [1.165, 1.54) is 34.2 Å². The third-order valence-corrected chi connectivity index (χ3v) is 5.46. The van der Waals surface area contributed by atoms with Crippen LogP contribution in [0.1, 0.15) is 34.8 Å². The van der Waals surface area contributed by atoms with Gasteiger partial charge in [-0.1, -0.05) is 12.1 Å². The molecule has 3 rings (SSSR count). The van der Waals surface area contributed by atoms with Gasteiger partial charge in [-0.25, -0.2) is 0 Å². The first-order chi connectivity index (χ1) is 14.6. The lowest BCUT2D eigenvalue weighted by Crippen LogP contribution is -2.36. The van der Waals surface area contributed by atoms with Crippen molar-refractivity contribution in [2.24, 2.45) is 0 Å². The highest BCUT2D eigenvalue weighted by Gasteiger charge is 2.25. The molecule has 1 amide bonds. The van der Waals surface area contributed by atoms with E-state index in [9.17, 15) is 4.79 Å². The number of carbonyl (C=O) groups excluding carboxylic acids is 1. The summed E-state index contributed by atoms with van der Waals surface area (Å²) >= 11 is 0. The molecule has 1 unspecified atom stereocenters. The number of ether oxygens (including phenoxy) is 4. The number of carbonyl (C=O) groups is 1. The molecule has 7 nitrogen and oxygen atoms in total. The number of amides is 1. The van der Waals surface area contributed by atoms with Gasteiger partial charge in [-0.2, -0.15) is 0 Å². The molecule has 0 spiro atoms. The minimum Gasteiger partial charge on any atom is -0.497 e. The van der Waals surface area contributed by atoms with E-state index >= 15 is 0 Å². The number of benzene rings is 2. The van der Waals surface area contributed by atoms with Crippen LogP contribution in [-0.4, -0.2) is 58.9 Å². The van der Waals surface area contributed by atoms with E-state index < -0.39 is 0 Å². The lowest BCUT2D eigenvalue weighted by atomic mass is 10.0. The molecule has 1 saturated heterocycles. The van der Waals surface area contributed by atoms with Gasteiger partial charge < -0.3 is 24.3 Å². The van der Waals surface area contributed by atoms with Crippen molar-refractivity contribution in [3.05, 3.63) is 47.5 Å². The summed E-state index contributed by atoms with van der Waals surface area (Å²) in [5.74, 6) is 2.00. The molecule has 0 saturated carbocycles. The smallest absolute Gasteiger partial charge is 0.251 e. The molecule has 0 bridgehead atoms. The van der Waals surface area contributed by atoms with Crippen LogP contribution in [0.5, 0.6) is 23.0 Å². The predicted octanol–water partition coefficient (Wildman–Crippen LogP) is 3.29. The monoisotopic (exact) mass is 414 g/mol. The molecule has 0 aromatic heterocycles. The van der Waals surface area contributed by atoms with Gasteiger partial charge in [-0.15, -0.1) is 0 Å². The van der Waals surface area contributed by atoms with Crippen molar-refractivity contribution in [2.75, 3.05) is 48.1 Å². The van der Waals surface area contributed by atoms with E-state index in [2.05, 4.69) is 22.3 Å². The Hall–Kier alpha value is -2.93. The SMILES string of the molecule is COc1ccc(C(CNC(=O)c2cc(OC)c(OC)c(OC)c2)N2CCCC2)cc1. The molecule has 0 aliphatic carbocycles. The van der Waals surface area contributed by atoms with Crippen LogP contribution < -0.4 is 24.3 Å². The zero-order valence-corrected chi connectivity index (χ0v) is 18.1. The molecule has 1 aliphatic rings. The van der Waals surface area contributed by atoms with Gasteiger partial charge in [0.1, 0.15) is 5.75 Å². The van der Waals surface area contributed by atoms with E-state index in [1.54, 1.807) is 19.2 Å². The van der Waals surface area contributed by atoms with Gasteiger partial charge in [0.15, 0.2) is 11.5 Å². The normalized spacial score (nSPS) is 14.8. The van der Waals surface area contributed by atoms with Crippen LogP contribution in [0.25, 0.3) is 0 Å². The zero-order chi connectivity index (χ0) is 21.5. The molecular formula is C23H30N2O5. The van der Waals surface area contributed by atoms with Crippen molar-refractivity contribution in [2.45, 2.75) is 18.9 Å². The maximum absolute atomic E-state index is 12.9. The Bertz CT molecular complexity index is 822. The Morgan fingerprint density at radius 3 is 2.03 bits per heavy atom. The van der Waals surface area contributed by atoms with Crippen LogP contribution >= 0.6 is 0 Å². The van der Waals surface area contributed by atoms with Crippen LogP contribution in [0.2, 0.25) is 0 Å². The highest BCUT2D eigenvalue weighted by Crippen LogP contribution is 2.38. The van der Waals surface area contributed by atoms with Crippen LogP contribution in [0, 0.1) is 0 Å². The van der Waals surface area contributed by atoms with Crippen molar-refractivity contribution in [3.8, 4) is 23.0 Å². The van der Waals surface area contributed by atoms with Crippen molar-refractivity contribution in [1.29, 1.82) is 0 Å². The van der Waals surface area contributed by atoms with E-state index in [1.807, 2.05) is 12.1 Å². The number of methoxy groups -OCH3 is 4. The molecule has 1 N–H and O–H groups in total. The molecular weight excluding hydrogens is 384 g/mol. The topological polar surface area (TPSA) is 69.3 Å². The third kappa shape index (κ3) is 4.79. The quantitative estimate of drug-likeness (QED) is 0.679. The van der Waals surface area contributed by atoms with Crippen LogP contribution in [0.4, 0.5) is 0 Å². The second kappa shape index (κ2) is 10.2. The lowest BCUT2D eigenvalue weighted by molar-refractivity contribution is 0.0937.